The summed E-state index contributed by atoms with van der Waals surface area (Å²) in [5.41, 5.74) is 1.27. The molecular formula is C24H27NO5. The van der Waals surface area contributed by atoms with Crippen LogP contribution in [0, 0.1) is 0 Å². The van der Waals surface area contributed by atoms with Gasteiger partial charge in [-0.1, -0.05) is 44.0 Å². The maximum absolute atomic E-state index is 13.0. The predicted octanol–water partition coefficient (Wildman–Crippen LogP) is 4.32. The zero-order valence-corrected chi connectivity index (χ0v) is 17.6. The lowest BCUT2D eigenvalue weighted by Gasteiger charge is -2.25. The average molecular weight is 409 g/mol. The van der Waals surface area contributed by atoms with Crippen LogP contribution in [0.5, 0.6) is 11.5 Å². The molecule has 6 nitrogen and oxygen atoms in total. The predicted molar refractivity (Wildman–Crippen MR) is 115 cm³/mol. The molecule has 1 amide bonds. The van der Waals surface area contributed by atoms with Crippen LogP contribution in [0.4, 0.5) is 0 Å². The maximum atomic E-state index is 13.0. The summed E-state index contributed by atoms with van der Waals surface area (Å²) in [6, 6.07) is 13.4. The Morgan fingerprint density at radius 2 is 1.70 bits per heavy atom. The van der Waals surface area contributed by atoms with Gasteiger partial charge in [0.2, 0.25) is 0 Å². The lowest BCUT2D eigenvalue weighted by molar-refractivity contribution is -0.139. The number of aliphatic hydroxyl groups excluding tert-OH is 1. The van der Waals surface area contributed by atoms with Crippen molar-refractivity contribution in [2.45, 2.75) is 32.2 Å². The Hall–Kier alpha value is -3.28. The molecule has 1 aliphatic rings. The molecule has 0 spiro atoms. The van der Waals surface area contributed by atoms with Crippen LogP contribution in [0.1, 0.15) is 43.4 Å². The molecule has 2 aromatic rings. The second-order valence-corrected chi connectivity index (χ2v) is 7.20. The first-order valence-corrected chi connectivity index (χ1v) is 10.1. The number of amides is 1. The maximum Gasteiger partial charge on any atom is 0.295 e. The molecule has 0 aliphatic carbocycles. The van der Waals surface area contributed by atoms with E-state index in [9.17, 15) is 14.7 Å². The van der Waals surface area contributed by atoms with Crippen molar-refractivity contribution in [1.29, 1.82) is 0 Å². The van der Waals surface area contributed by atoms with Crippen molar-refractivity contribution in [2.75, 3.05) is 20.8 Å². The Morgan fingerprint density at radius 1 is 1.00 bits per heavy atom. The fourth-order valence-corrected chi connectivity index (χ4v) is 3.70. The van der Waals surface area contributed by atoms with Crippen LogP contribution < -0.4 is 9.47 Å². The minimum atomic E-state index is -0.673. The highest BCUT2D eigenvalue weighted by Crippen LogP contribution is 2.40. The first kappa shape index (κ1) is 21.4. The fraction of sp³-hybridized carbons (Fsp3) is 0.333. The molecule has 0 radical (unpaired) electrons. The smallest absolute Gasteiger partial charge is 0.295 e. The fourth-order valence-electron chi connectivity index (χ4n) is 3.70. The Balaban J connectivity index is 2.11. The van der Waals surface area contributed by atoms with Gasteiger partial charge in [-0.2, -0.15) is 0 Å². The summed E-state index contributed by atoms with van der Waals surface area (Å²) in [5.74, 6) is -0.234. The number of nitrogens with zero attached hydrogens (tertiary/aromatic N) is 1. The minimum Gasteiger partial charge on any atom is -0.507 e. The Kier molecular flexibility index (Phi) is 6.77. The van der Waals surface area contributed by atoms with Gasteiger partial charge in [0.15, 0.2) is 0 Å². The van der Waals surface area contributed by atoms with Crippen LogP contribution in [0.15, 0.2) is 54.1 Å². The number of carbonyl (C=O) groups is 2. The van der Waals surface area contributed by atoms with Crippen molar-refractivity contribution < 1.29 is 24.2 Å². The zero-order chi connectivity index (χ0) is 21.7. The second kappa shape index (κ2) is 9.48. The van der Waals surface area contributed by atoms with E-state index in [1.54, 1.807) is 48.4 Å². The number of benzene rings is 2. The third kappa shape index (κ3) is 4.17. The zero-order valence-electron chi connectivity index (χ0n) is 17.6. The molecule has 0 saturated carbocycles. The molecule has 0 bridgehead atoms. The third-order valence-corrected chi connectivity index (χ3v) is 5.32. The number of Topliss-reactive ketones (excluding diaryl/α,β-unsaturated/α-hetero) is 1. The molecular weight excluding hydrogens is 382 g/mol. The number of hydrogen-bond donors (Lipinski definition) is 1. The van der Waals surface area contributed by atoms with E-state index in [2.05, 4.69) is 6.92 Å². The minimum absolute atomic E-state index is 0.0925. The highest BCUT2D eigenvalue weighted by atomic mass is 16.5. The van der Waals surface area contributed by atoms with E-state index in [4.69, 9.17) is 9.47 Å². The number of likely N-dealkylation sites (tertiary alicyclic amines) is 1. The highest BCUT2D eigenvalue weighted by molar-refractivity contribution is 6.46. The summed E-state index contributed by atoms with van der Waals surface area (Å²) in [4.78, 5) is 27.4. The Bertz CT molecular complexity index is 948. The standard InChI is InChI=1S/C24H27NO5/c1-4-5-6-14-25-21(16-10-12-18(29-2)13-11-16)20(23(27)24(25)28)22(26)17-8-7-9-19(15-17)30-3/h7-13,15,21,26H,4-6,14H2,1-3H3/b22-20-. The third-order valence-electron chi connectivity index (χ3n) is 5.32. The number of ketones is 1. The van der Waals surface area contributed by atoms with Gasteiger partial charge in [0.25, 0.3) is 11.7 Å². The van der Waals surface area contributed by atoms with Crippen LogP contribution in [0.25, 0.3) is 5.76 Å². The van der Waals surface area contributed by atoms with E-state index in [-0.39, 0.29) is 11.3 Å². The first-order valence-electron chi connectivity index (χ1n) is 10.1. The van der Waals surface area contributed by atoms with Gasteiger partial charge >= 0.3 is 0 Å². The normalized spacial score (nSPS) is 18.0. The van der Waals surface area contributed by atoms with E-state index < -0.39 is 17.7 Å². The van der Waals surface area contributed by atoms with Crippen molar-refractivity contribution in [2.24, 2.45) is 0 Å². The topological polar surface area (TPSA) is 76.1 Å². The molecule has 0 aromatic heterocycles. The SMILES string of the molecule is CCCCCN1C(=O)C(=O)/C(=C(\O)c2cccc(OC)c2)C1c1ccc(OC)cc1. The van der Waals surface area contributed by atoms with Gasteiger partial charge < -0.3 is 19.5 Å². The van der Waals surface area contributed by atoms with Gasteiger partial charge in [0, 0.05) is 12.1 Å². The number of methoxy groups -OCH3 is 2. The molecule has 1 aliphatic heterocycles. The molecule has 3 rings (SSSR count). The van der Waals surface area contributed by atoms with Crippen molar-refractivity contribution in [3.8, 4) is 11.5 Å². The monoisotopic (exact) mass is 409 g/mol. The molecule has 2 aromatic carbocycles. The number of aliphatic hydroxyl groups is 1. The molecule has 1 saturated heterocycles. The lowest BCUT2D eigenvalue weighted by Crippen LogP contribution is -2.30. The number of rotatable bonds is 8. The summed E-state index contributed by atoms with van der Waals surface area (Å²) in [7, 11) is 3.11. The van der Waals surface area contributed by atoms with Gasteiger partial charge in [0.1, 0.15) is 17.3 Å². The van der Waals surface area contributed by atoms with Crippen LogP contribution in [0.3, 0.4) is 0 Å². The lowest BCUT2D eigenvalue weighted by atomic mass is 9.95. The summed E-state index contributed by atoms with van der Waals surface area (Å²) in [5, 5.41) is 11.0. The second-order valence-electron chi connectivity index (χ2n) is 7.20. The molecule has 1 heterocycles. The Labute approximate surface area is 176 Å². The highest BCUT2D eigenvalue weighted by Gasteiger charge is 2.45. The van der Waals surface area contributed by atoms with Crippen LogP contribution in [0.2, 0.25) is 0 Å². The van der Waals surface area contributed by atoms with E-state index in [1.165, 1.54) is 7.11 Å². The summed E-state index contributed by atoms with van der Waals surface area (Å²) >= 11 is 0. The molecule has 30 heavy (non-hydrogen) atoms. The van der Waals surface area contributed by atoms with E-state index in [0.29, 0.717) is 23.6 Å². The van der Waals surface area contributed by atoms with Gasteiger partial charge in [-0.05, 0) is 36.2 Å². The quantitative estimate of drug-likeness (QED) is 0.304. The average Bonchev–Trinajstić information content (AvgIpc) is 3.03. The van der Waals surface area contributed by atoms with Gasteiger partial charge in [0.05, 0.1) is 25.8 Å². The van der Waals surface area contributed by atoms with Crippen LogP contribution in [-0.4, -0.2) is 42.5 Å². The first-order chi connectivity index (χ1) is 14.5. The molecule has 6 heteroatoms. The van der Waals surface area contributed by atoms with Crippen molar-refractivity contribution in [3.63, 3.8) is 0 Å². The summed E-state index contributed by atoms with van der Waals surface area (Å²) < 4.78 is 10.5. The van der Waals surface area contributed by atoms with E-state index >= 15 is 0 Å². The number of unbranched alkanes of at least 4 members (excludes halogenated alkanes) is 2. The largest absolute Gasteiger partial charge is 0.507 e. The van der Waals surface area contributed by atoms with Crippen LogP contribution >= 0.6 is 0 Å². The molecule has 158 valence electrons. The van der Waals surface area contributed by atoms with Gasteiger partial charge in [-0.3, -0.25) is 9.59 Å². The summed E-state index contributed by atoms with van der Waals surface area (Å²) in [6.07, 6.45) is 2.74. The Morgan fingerprint density at radius 3 is 2.33 bits per heavy atom. The molecule has 1 atom stereocenters. The number of hydrogen-bond acceptors (Lipinski definition) is 5. The van der Waals surface area contributed by atoms with Crippen molar-refractivity contribution in [3.05, 3.63) is 65.2 Å². The van der Waals surface area contributed by atoms with E-state index in [0.717, 1.165) is 24.8 Å². The number of carbonyl (C=O) groups excluding carboxylic acids is 2. The number of ether oxygens (including phenoxy) is 2. The van der Waals surface area contributed by atoms with Crippen LogP contribution in [-0.2, 0) is 9.59 Å². The van der Waals surface area contributed by atoms with Crippen molar-refractivity contribution in [1.82, 2.24) is 4.90 Å². The summed E-state index contributed by atoms with van der Waals surface area (Å²) in [6.45, 7) is 2.53. The molecule has 1 fully saturated rings. The van der Waals surface area contributed by atoms with E-state index in [1.807, 2.05) is 12.1 Å². The molecule has 1 unspecified atom stereocenters. The van der Waals surface area contributed by atoms with Crippen molar-refractivity contribution >= 4 is 17.4 Å². The van der Waals surface area contributed by atoms with Gasteiger partial charge in [-0.15, -0.1) is 0 Å². The molecule has 1 N–H and O–H groups in total. The van der Waals surface area contributed by atoms with Gasteiger partial charge in [-0.25, -0.2) is 0 Å².